The Bertz CT molecular complexity index is 492. The standard InChI is InChI=1S/C6H4Cl2F2N2O2S/c7-4-3(6(9)10)2(15(11,13)14)1-12-5(4)8/h1,6H,(H2,11,13,14). The molecule has 0 aromatic carbocycles. The van der Waals surface area contributed by atoms with Crippen LogP contribution >= 0.6 is 23.2 Å². The first-order valence-electron chi connectivity index (χ1n) is 3.40. The third-order valence-electron chi connectivity index (χ3n) is 1.50. The lowest BCUT2D eigenvalue weighted by Gasteiger charge is -2.08. The van der Waals surface area contributed by atoms with Crippen LogP contribution in [0.4, 0.5) is 8.78 Å². The number of hydrogen-bond donors (Lipinski definition) is 1. The Kier molecular flexibility index (Phi) is 3.49. The molecule has 4 nitrogen and oxygen atoms in total. The lowest BCUT2D eigenvalue weighted by molar-refractivity contribution is 0.148. The predicted molar refractivity (Wildman–Crippen MR) is 50.6 cm³/mol. The van der Waals surface area contributed by atoms with E-state index in [2.05, 4.69) is 4.98 Å². The average molecular weight is 277 g/mol. The summed E-state index contributed by atoms with van der Waals surface area (Å²) in [6.45, 7) is 0. The lowest BCUT2D eigenvalue weighted by Crippen LogP contribution is -2.15. The Morgan fingerprint density at radius 2 is 1.93 bits per heavy atom. The molecule has 0 aliphatic rings. The first-order chi connectivity index (χ1) is 6.75. The van der Waals surface area contributed by atoms with Gasteiger partial charge >= 0.3 is 0 Å². The highest BCUT2D eigenvalue weighted by Crippen LogP contribution is 2.35. The molecule has 0 fully saturated rings. The van der Waals surface area contributed by atoms with E-state index in [1.54, 1.807) is 0 Å². The van der Waals surface area contributed by atoms with Crippen LogP contribution in [0.2, 0.25) is 10.2 Å². The van der Waals surface area contributed by atoms with Gasteiger partial charge in [0.15, 0.2) is 0 Å². The second-order valence-electron chi connectivity index (χ2n) is 2.49. The molecule has 0 aliphatic heterocycles. The van der Waals surface area contributed by atoms with Crippen molar-refractivity contribution in [1.82, 2.24) is 4.98 Å². The van der Waals surface area contributed by atoms with Gasteiger partial charge in [-0.05, 0) is 0 Å². The largest absolute Gasteiger partial charge is 0.266 e. The maximum atomic E-state index is 12.5. The third kappa shape index (κ3) is 2.54. The van der Waals surface area contributed by atoms with Crippen molar-refractivity contribution in [3.63, 3.8) is 0 Å². The fourth-order valence-corrected chi connectivity index (χ4v) is 2.03. The van der Waals surface area contributed by atoms with Crippen molar-refractivity contribution in [3.05, 3.63) is 21.9 Å². The molecule has 1 rings (SSSR count). The van der Waals surface area contributed by atoms with Crippen molar-refractivity contribution in [1.29, 1.82) is 0 Å². The minimum atomic E-state index is -4.30. The first kappa shape index (κ1) is 12.6. The fourth-order valence-electron chi connectivity index (χ4n) is 0.891. The van der Waals surface area contributed by atoms with Crippen molar-refractivity contribution in [3.8, 4) is 0 Å². The predicted octanol–water partition coefficient (Wildman–Crippen LogP) is 1.97. The molecule has 0 amide bonds. The van der Waals surface area contributed by atoms with Crippen molar-refractivity contribution >= 4 is 33.2 Å². The van der Waals surface area contributed by atoms with Gasteiger partial charge in [0.2, 0.25) is 10.0 Å². The topological polar surface area (TPSA) is 73.1 Å². The molecule has 0 saturated carbocycles. The highest BCUT2D eigenvalue weighted by molar-refractivity contribution is 7.89. The third-order valence-corrected chi connectivity index (χ3v) is 3.21. The van der Waals surface area contributed by atoms with E-state index in [9.17, 15) is 17.2 Å². The van der Waals surface area contributed by atoms with E-state index >= 15 is 0 Å². The zero-order valence-electron chi connectivity index (χ0n) is 6.92. The van der Waals surface area contributed by atoms with Gasteiger partial charge in [0.1, 0.15) is 10.0 Å². The quantitative estimate of drug-likeness (QED) is 0.840. The van der Waals surface area contributed by atoms with Gasteiger partial charge in [-0.15, -0.1) is 0 Å². The van der Waals surface area contributed by atoms with Crippen LogP contribution in [-0.4, -0.2) is 13.4 Å². The fraction of sp³-hybridized carbons (Fsp3) is 0.167. The minimum absolute atomic E-state index is 0.403. The smallest absolute Gasteiger partial charge is 0.242 e. The molecule has 0 atom stereocenters. The molecule has 1 aromatic rings. The summed E-state index contributed by atoms with van der Waals surface area (Å²) < 4.78 is 46.9. The zero-order valence-corrected chi connectivity index (χ0v) is 9.24. The van der Waals surface area contributed by atoms with E-state index in [-0.39, 0.29) is 0 Å². The Balaban J connectivity index is 3.62. The van der Waals surface area contributed by atoms with Gasteiger partial charge in [-0.3, -0.25) is 0 Å². The summed E-state index contributed by atoms with van der Waals surface area (Å²) in [5, 5.41) is 3.70. The van der Waals surface area contributed by atoms with Gasteiger partial charge in [0.25, 0.3) is 6.43 Å². The van der Waals surface area contributed by atoms with Gasteiger partial charge in [-0.1, -0.05) is 23.2 Å². The summed E-state index contributed by atoms with van der Waals surface area (Å²) in [5.41, 5.74) is -0.931. The molecule has 15 heavy (non-hydrogen) atoms. The van der Waals surface area contributed by atoms with Crippen molar-refractivity contribution in [2.45, 2.75) is 11.3 Å². The number of sulfonamides is 1. The molecule has 0 spiro atoms. The van der Waals surface area contributed by atoms with E-state index in [0.29, 0.717) is 6.20 Å². The molecule has 0 radical (unpaired) electrons. The van der Waals surface area contributed by atoms with Crippen LogP contribution in [0.5, 0.6) is 0 Å². The van der Waals surface area contributed by atoms with Crippen LogP contribution in [0.3, 0.4) is 0 Å². The number of nitrogens with two attached hydrogens (primary N) is 1. The molecular formula is C6H4Cl2F2N2O2S. The van der Waals surface area contributed by atoms with E-state index in [4.69, 9.17) is 28.3 Å². The Morgan fingerprint density at radius 1 is 1.40 bits per heavy atom. The monoisotopic (exact) mass is 276 g/mol. The second kappa shape index (κ2) is 4.17. The van der Waals surface area contributed by atoms with E-state index < -0.39 is 37.1 Å². The molecule has 84 valence electrons. The highest BCUT2D eigenvalue weighted by Gasteiger charge is 2.26. The van der Waals surface area contributed by atoms with Gasteiger partial charge in [0, 0.05) is 6.20 Å². The first-order valence-corrected chi connectivity index (χ1v) is 5.70. The molecule has 2 N–H and O–H groups in total. The molecule has 0 unspecified atom stereocenters. The van der Waals surface area contributed by atoms with Gasteiger partial charge in [-0.25, -0.2) is 27.3 Å². The van der Waals surface area contributed by atoms with E-state index in [1.165, 1.54) is 0 Å². The molecule has 9 heteroatoms. The summed E-state index contributed by atoms with van der Waals surface area (Å²) in [7, 11) is -4.30. The minimum Gasteiger partial charge on any atom is -0.242 e. The number of halogens is 4. The number of alkyl halides is 2. The summed E-state index contributed by atoms with van der Waals surface area (Å²) in [6.07, 6.45) is -2.46. The van der Waals surface area contributed by atoms with Gasteiger partial charge in [-0.2, -0.15) is 0 Å². The number of pyridine rings is 1. The summed E-state index contributed by atoms with van der Waals surface area (Å²) in [4.78, 5) is 2.50. The maximum absolute atomic E-state index is 12.5. The highest BCUT2D eigenvalue weighted by atomic mass is 35.5. The normalized spacial score (nSPS) is 12.1. The van der Waals surface area contributed by atoms with Crippen LogP contribution in [0.1, 0.15) is 12.0 Å². The number of aromatic nitrogens is 1. The van der Waals surface area contributed by atoms with Crippen LogP contribution in [0.25, 0.3) is 0 Å². The SMILES string of the molecule is NS(=O)(=O)c1cnc(Cl)c(Cl)c1C(F)F. The van der Waals surface area contributed by atoms with Gasteiger partial charge < -0.3 is 0 Å². The van der Waals surface area contributed by atoms with Gasteiger partial charge in [0.05, 0.1) is 10.6 Å². The van der Waals surface area contributed by atoms with Crippen LogP contribution in [0, 0.1) is 0 Å². The number of hydrogen-bond acceptors (Lipinski definition) is 3. The molecule has 1 aromatic heterocycles. The molecule has 0 saturated heterocycles. The van der Waals surface area contributed by atoms with Crippen LogP contribution < -0.4 is 5.14 Å². The van der Waals surface area contributed by atoms with Crippen LogP contribution in [0.15, 0.2) is 11.1 Å². The van der Waals surface area contributed by atoms with Crippen molar-refractivity contribution < 1.29 is 17.2 Å². The lowest BCUT2D eigenvalue weighted by atomic mass is 10.3. The van der Waals surface area contributed by atoms with Crippen LogP contribution in [-0.2, 0) is 10.0 Å². The summed E-state index contributed by atoms with van der Waals surface area (Å²) in [6, 6.07) is 0. The Morgan fingerprint density at radius 3 is 2.33 bits per heavy atom. The number of nitrogens with zero attached hydrogens (tertiary/aromatic N) is 1. The summed E-state index contributed by atoms with van der Waals surface area (Å²) in [5.74, 6) is 0. The van der Waals surface area contributed by atoms with E-state index in [0.717, 1.165) is 0 Å². The van der Waals surface area contributed by atoms with Crippen molar-refractivity contribution in [2.24, 2.45) is 5.14 Å². The maximum Gasteiger partial charge on any atom is 0.266 e. The summed E-state index contributed by atoms with van der Waals surface area (Å²) >= 11 is 10.8. The average Bonchev–Trinajstić information content (AvgIpc) is 2.06. The number of primary sulfonamides is 1. The molecular weight excluding hydrogens is 273 g/mol. The second-order valence-corrected chi connectivity index (χ2v) is 4.75. The Hall–Kier alpha value is -0.500. The zero-order chi connectivity index (χ0) is 11.8. The van der Waals surface area contributed by atoms with E-state index in [1.807, 2.05) is 0 Å². The Labute approximate surface area is 94.1 Å². The number of rotatable bonds is 2. The molecule has 0 bridgehead atoms. The van der Waals surface area contributed by atoms with Crippen molar-refractivity contribution in [2.75, 3.05) is 0 Å². The molecule has 0 aliphatic carbocycles. The molecule has 1 heterocycles.